The zero-order valence-electron chi connectivity index (χ0n) is 8.05. The number of nitrogens with two attached hydrogens (primary N) is 1. The summed E-state index contributed by atoms with van der Waals surface area (Å²) in [4.78, 5) is 0. The number of hydrogen-bond donors (Lipinski definition) is 2. The van der Waals surface area contributed by atoms with E-state index in [4.69, 9.17) is 10.8 Å². The molecule has 12 heavy (non-hydrogen) atoms. The van der Waals surface area contributed by atoms with Crippen LogP contribution in [0.15, 0.2) is 0 Å². The van der Waals surface area contributed by atoms with Crippen LogP contribution in [0.5, 0.6) is 0 Å². The first-order valence-electron chi connectivity index (χ1n) is 5.06. The number of aliphatic hydroxyl groups is 1. The molecule has 1 aliphatic rings. The van der Waals surface area contributed by atoms with E-state index in [1.54, 1.807) is 0 Å². The second kappa shape index (κ2) is 4.24. The number of aliphatic hydroxyl groups excluding tert-OH is 1. The quantitative estimate of drug-likeness (QED) is 0.676. The van der Waals surface area contributed by atoms with Crippen molar-refractivity contribution in [3.63, 3.8) is 0 Å². The van der Waals surface area contributed by atoms with E-state index in [0.717, 1.165) is 12.8 Å². The molecular weight excluding hydrogens is 150 g/mol. The van der Waals surface area contributed by atoms with Crippen molar-refractivity contribution in [1.29, 1.82) is 0 Å². The van der Waals surface area contributed by atoms with Crippen molar-refractivity contribution >= 4 is 0 Å². The maximum atomic E-state index is 8.72. The third-order valence-electron chi connectivity index (χ3n) is 3.16. The van der Waals surface area contributed by atoms with Gasteiger partial charge in [-0.05, 0) is 38.5 Å². The van der Waals surface area contributed by atoms with Gasteiger partial charge in [-0.25, -0.2) is 0 Å². The third kappa shape index (κ3) is 2.46. The molecule has 3 N–H and O–H groups in total. The van der Waals surface area contributed by atoms with E-state index in [-0.39, 0.29) is 12.1 Å². The number of hydrogen-bond acceptors (Lipinski definition) is 2. The highest BCUT2D eigenvalue weighted by Crippen LogP contribution is 2.34. The summed E-state index contributed by atoms with van der Waals surface area (Å²) in [6.45, 7) is 2.41. The lowest BCUT2D eigenvalue weighted by atomic mass is 9.82. The third-order valence-corrected chi connectivity index (χ3v) is 3.16. The van der Waals surface area contributed by atoms with Gasteiger partial charge < -0.3 is 10.8 Å². The SMILES string of the molecule is CC(N)(CCCO)C1CCCC1. The van der Waals surface area contributed by atoms with Crippen LogP contribution in [0.2, 0.25) is 0 Å². The van der Waals surface area contributed by atoms with Gasteiger partial charge in [-0.2, -0.15) is 0 Å². The lowest BCUT2D eigenvalue weighted by Gasteiger charge is -2.31. The molecule has 1 rings (SSSR count). The molecule has 0 aliphatic heterocycles. The van der Waals surface area contributed by atoms with Crippen LogP contribution >= 0.6 is 0 Å². The molecule has 0 aromatic heterocycles. The van der Waals surface area contributed by atoms with E-state index in [1.807, 2.05) is 0 Å². The summed E-state index contributed by atoms with van der Waals surface area (Å²) in [6, 6.07) is 0. The molecule has 0 aromatic carbocycles. The Balaban J connectivity index is 2.34. The molecule has 0 radical (unpaired) electrons. The fourth-order valence-corrected chi connectivity index (χ4v) is 2.25. The van der Waals surface area contributed by atoms with Crippen LogP contribution in [0.25, 0.3) is 0 Å². The highest BCUT2D eigenvalue weighted by atomic mass is 16.2. The second-order valence-corrected chi connectivity index (χ2v) is 4.31. The van der Waals surface area contributed by atoms with Gasteiger partial charge in [-0.3, -0.25) is 0 Å². The second-order valence-electron chi connectivity index (χ2n) is 4.31. The minimum absolute atomic E-state index is 0.0285. The molecule has 0 saturated heterocycles. The highest BCUT2D eigenvalue weighted by molar-refractivity contribution is 4.89. The van der Waals surface area contributed by atoms with Crippen molar-refractivity contribution in [3.05, 3.63) is 0 Å². The summed E-state index contributed by atoms with van der Waals surface area (Å²) in [5, 5.41) is 8.72. The fourth-order valence-electron chi connectivity index (χ4n) is 2.25. The van der Waals surface area contributed by atoms with Crippen LogP contribution in [0.3, 0.4) is 0 Å². The average Bonchev–Trinajstić information content (AvgIpc) is 2.53. The Morgan fingerprint density at radius 1 is 1.42 bits per heavy atom. The van der Waals surface area contributed by atoms with E-state index < -0.39 is 0 Å². The minimum atomic E-state index is -0.0285. The lowest BCUT2D eigenvalue weighted by Crippen LogP contribution is -2.43. The Morgan fingerprint density at radius 3 is 2.50 bits per heavy atom. The Bertz CT molecular complexity index is 128. The van der Waals surface area contributed by atoms with Crippen LogP contribution in [0, 0.1) is 5.92 Å². The molecule has 2 heteroatoms. The summed E-state index contributed by atoms with van der Waals surface area (Å²) in [5.74, 6) is 0.698. The summed E-state index contributed by atoms with van der Waals surface area (Å²) >= 11 is 0. The van der Waals surface area contributed by atoms with Crippen LogP contribution in [-0.2, 0) is 0 Å². The molecule has 1 fully saturated rings. The molecule has 0 bridgehead atoms. The van der Waals surface area contributed by atoms with Crippen molar-refractivity contribution in [2.45, 2.75) is 51.0 Å². The van der Waals surface area contributed by atoms with Gasteiger partial charge in [0.25, 0.3) is 0 Å². The van der Waals surface area contributed by atoms with Crippen LogP contribution in [0.1, 0.15) is 45.4 Å². The Morgan fingerprint density at radius 2 is 2.00 bits per heavy atom. The normalized spacial score (nSPS) is 24.2. The van der Waals surface area contributed by atoms with Crippen molar-refractivity contribution in [3.8, 4) is 0 Å². The van der Waals surface area contributed by atoms with Gasteiger partial charge in [0, 0.05) is 12.1 Å². The van der Waals surface area contributed by atoms with Crippen molar-refractivity contribution in [2.24, 2.45) is 11.7 Å². The molecule has 2 nitrogen and oxygen atoms in total. The topological polar surface area (TPSA) is 46.2 Å². The van der Waals surface area contributed by atoms with E-state index in [9.17, 15) is 0 Å². The first-order valence-corrected chi connectivity index (χ1v) is 5.06. The summed E-state index contributed by atoms with van der Waals surface area (Å²) in [6.07, 6.45) is 7.09. The molecule has 1 saturated carbocycles. The maximum Gasteiger partial charge on any atom is 0.0431 e. The summed E-state index contributed by atoms with van der Waals surface area (Å²) < 4.78 is 0. The minimum Gasteiger partial charge on any atom is -0.396 e. The monoisotopic (exact) mass is 171 g/mol. The zero-order chi connectivity index (χ0) is 9.03. The lowest BCUT2D eigenvalue weighted by molar-refractivity contribution is 0.228. The molecule has 1 unspecified atom stereocenters. The molecule has 72 valence electrons. The van der Waals surface area contributed by atoms with Crippen LogP contribution in [0.4, 0.5) is 0 Å². The van der Waals surface area contributed by atoms with Crippen molar-refractivity contribution in [2.75, 3.05) is 6.61 Å². The first-order chi connectivity index (χ1) is 5.67. The fraction of sp³-hybridized carbons (Fsp3) is 1.00. The van der Waals surface area contributed by atoms with Crippen molar-refractivity contribution in [1.82, 2.24) is 0 Å². The number of rotatable bonds is 4. The molecule has 1 atom stereocenters. The largest absolute Gasteiger partial charge is 0.396 e. The highest BCUT2D eigenvalue weighted by Gasteiger charge is 2.31. The van der Waals surface area contributed by atoms with E-state index in [2.05, 4.69) is 6.92 Å². The summed E-state index contributed by atoms with van der Waals surface area (Å²) in [7, 11) is 0. The molecule has 0 heterocycles. The van der Waals surface area contributed by atoms with Crippen LogP contribution < -0.4 is 5.73 Å². The Kier molecular flexibility index (Phi) is 3.53. The van der Waals surface area contributed by atoms with E-state index >= 15 is 0 Å². The predicted molar refractivity (Wildman–Crippen MR) is 50.9 cm³/mol. The van der Waals surface area contributed by atoms with Gasteiger partial charge >= 0.3 is 0 Å². The van der Waals surface area contributed by atoms with Gasteiger partial charge in [0.15, 0.2) is 0 Å². The average molecular weight is 171 g/mol. The van der Waals surface area contributed by atoms with E-state index in [1.165, 1.54) is 25.7 Å². The van der Waals surface area contributed by atoms with E-state index in [0.29, 0.717) is 5.92 Å². The molecule has 1 aliphatic carbocycles. The first kappa shape index (κ1) is 10.0. The standard InChI is InChI=1S/C10H21NO/c1-10(11,7-4-8-12)9-5-2-3-6-9/h9,12H,2-8,11H2,1H3. The van der Waals surface area contributed by atoms with Gasteiger partial charge in [0.2, 0.25) is 0 Å². The smallest absolute Gasteiger partial charge is 0.0431 e. The molecular formula is C10H21NO. The molecule has 0 spiro atoms. The Hall–Kier alpha value is -0.0800. The Labute approximate surface area is 75.2 Å². The predicted octanol–water partition coefficient (Wildman–Crippen LogP) is 1.67. The van der Waals surface area contributed by atoms with Gasteiger partial charge in [0.05, 0.1) is 0 Å². The van der Waals surface area contributed by atoms with Crippen LogP contribution in [-0.4, -0.2) is 17.3 Å². The van der Waals surface area contributed by atoms with Crippen molar-refractivity contribution < 1.29 is 5.11 Å². The van der Waals surface area contributed by atoms with Gasteiger partial charge in [-0.1, -0.05) is 12.8 Å². The van der Waals surface area contributed by atoms with Gasteiger partial charge in [0.1, 0.15) is 0 Å². The molecule has 0 aromatic rings. The summed E-state index contributed by atoms with van der Waals surface area (Å²) in [5.41, 5.74) is 6.17. The maximum absolute atomic E-state index is 8.72. The molecule has 0 amide bonds. The zero-order valence-corrected chi connectivity index (χ0v) is 8.05. The van der Waals surface area contributed by atoms with Gasteiger partial charge in [-0.15, -0.1) is 0 Å².